The molecule has 0 saturated heterocycles. The van der Waals surface area contributed by atoms with Crippen LogP contribution < -0.4 is 0 Å². The number of aromatic nitrogens is 7. The molecule has 9 heteroatoms. The summed E-state index contributed by atoms with van der Waals surface area (Å²) in [6.07, 6.45) is 3.54. The molecule has 0 aliphatic rings. The predicted octanol–water partition coefficient (Wildman–Crippen LogP) is 4.57. The minimum Gasteiger partial charge on any atom is -0.431 e. The van der Waals surface area contributed by atoms with Gasteiger partial charge in [-0.1, -0.05) is 30.0 Å². The number of nitrogens with zero attached hydrogens (tertiary/aromatic N) is 7. The first kappa shape index (κ1) is 19.0. The van der Waals surface area contributed by atoms with Crippen molar-refractivity contribution < 1.29 is 4.42 Å². The molecule has 5 aromatic heterocycles. The first-order valence-corrected chi connectivity index (χ1v) is 11.2. The van der Waals surface area contributed by atoms with Crippen molar-refractivity contribution in [2.24, 2.45) is 0 Å². The van der Waals surface area contributed by atoms with Gasteiger partial charge in [-0.05, 0) is 43.7 Å². The fraction of sp³-hybridized carbons (Fsp3) is 0.174. The van der Waals surface area contributed by atoms with Gasteiger partial charge in [-0.15, -0.1) is 5.10 Å². The van der Waals surface area contributed by atoms with E-state index in [1.54, 1.807) is 10.8 Å². The van der Waals surface area contributed by atoms with Crippen LogP contribution in [0.2, 0.25) is 0 Å². The number of benzene rings is 1. The van der Waals surface area contributed by atoms with E-state index in [0.717, 1.165) is 44.7 Å². The van der Waals surface area contributed by atoms with Crippen molar-refractivity contribution in [3.05, 3.63) is 77.8 Å². The molecule has 6 rings (SSSR count). The normalized spacial score (nSPS) is 11.8. The van der Waals surface area contributed by atoms with E-state index in [4.69, 9.17) is 14.4 Å². The molecule has 158 valence electrons. The SMILES string of the molecule is Cc1c(C)n(Cc2ccccn2)c2ncn3nc(CSc4nc5ccccc5o4)nc3c12. The molecule has 0 unspecified atom stereocenters. The van der Waals surface area contributed by atoms with Crippen LogP contribution in [0, 0.1) is 13.8 Å². The zero-order valence-electron chi connectivity index (χ0n) is 17.6. The fourth-order valence-electron chi connectivity index (χ4n) is 3.92. The zero-order valence-corrected chi connectivity index (χ0v) is 18.4. The Bertz CT molecular complexity index is 1550. The van der Waals surface area contributed by atoms with Crippen molar-refractivity contribution in [2.45, 2.75) is 31.4 Å². The van der Waals surface area contributed by atoms with E-state index in [0.29, 0.717) is 23.3 Å². The van der Waals surface area contributed by atoms with Gasteiger partial charge in [0.25, 0.3) is 5.22 Å². The number of pyridine rings is 1. The Hall–Kier alpha value is -3.72. The van der Waals surface area contributed by atoms with Gasteiger partial charge in [-0.3, -0.25) is 4.98 Å². The lowest BCUT2D eigenvalue weighted by molar-refractivity contribution is 0.489. The summed E-state index contributed by atoms with van der Waals surface area (Å²) in [6, 6.07) is 13.7. The maximum atomic E-state index is 5.80. The number of hydrogen-bond acceptors (Lipinski definition) is 7. The van der Waals surface area contributed by atoms with Crippen LogP contribution in [-0.2, 0) is 12.3 Å². The second-order valence-electron chi connectivity index (χ2n) is 7.59. The molecule has 1 aromatic carbocycles. The molecule has 5 heterocycles. The van der Waals surface area contributed by atoms with E-state index in [1.165, 1.54) is 11.8 Å². The molecule has 6 aromatic rings. The van der Waals surface area contributed by atoms with Crippen LogP contribution in [0.4, 0.5) is 0 Å². The second-order valence-corrected chi connectivity index (χ2v) is 8.52. The minimum absolute atomic E-state index is 0.558. The second kappa shape index (κ2) is 7.45. The van der Waals surface area contributed by atoms with Gasteiger partial charge in [0.1, 0.15) is 17.5 Å². The number of aryl methyl sites for hydroxylation is 1. The Balaban J connectivity index is 1.35. The topological polar surface area (TPSA) is 86.9 Å². The van der Waals surface area contributed by atoms with Gasteiger partial charge >= 0.3 is 0 Å². The summed E-state index contributed by atoms with van der Waals surface area (Å²) in [5, 5.41) is 6.26. The molecule has 0 amide bonds. The highest BCUT2D eigenvalue weighted by atomic mass is 32.2. The number of para-hydroxylation sites is 2. The van der Waals surface area contributed by atoms with Crippen LogP contribution in [0.1, 0.15) is 22.8 Å². The highest BCUT2D eigenvalue weighted by Gasteiger charge is 2.18. The molecule has 0 aliphatic carbocycles. The highest BCUT2D eigenvalue weighted by Crippen LogP contribution is 2.29. The third kappa shape index (κ3) is 3.13. The molecule has 0 radical (unpaired) electrons. The number of thioether (sulfide) groups is 1. The van der Waals surface area contributed by atoms with Crippen LogP contribution in [-0.4, -0.2) is 34.1 Å². The minimum atomic E-state index is 0.558. The molecule has 0 saturated carbocycles. The van der Waals surface area contributed by atoms with Crippen LogP contribution in [0.15, 0.2) is 64.6 Å². The number of hydrogen-bond donors (Lipinski definition) is 0. The van der Waals surface area contributed by atoms with Crippen molar-refractivity contribution in [3.8, 4) is 0 Å². The van der Waals surface area contributed by atoms with Gasteiger partial charge in [0, 0.05) is 11.9 Å². The van der Waals surface area contributed by atoms with Crippen LogP contribution >= 0.6 is 11.8 Å². The third-order valence-corrected chi connectivity index (χ3v) is 6.46. The van der Waals surface area contributed by atoms with Gasteiger partial charge in [0.2, 0.25) is 0 Å². The summed E-state index contributed by atoms with van der Waals surface area (Å²) in [6.45, 7) is 4.88. The average Bonchev–Trinajstić information content (AvgIpc) is 3.49. The van der Waals surface area contributed by atoms with E-state index in [2.05, 4.69) is 33.5 Å². The van der Waals surface area contributed by atoms with Gasteiger partial charge in [-0.25, -0.2) is 19.5 Å². The molecule has 8 nitrogen and oxygen atoms in total. The Kier molecular flexibility index (Phi) is 4.43. The summed E-state index contributed by atoms with van der Waals surface area (Å²) in [5.41, 5.74) is 6.63. The summed E-state index contributed by atoms with van der Waals surface area (Å²) < 4.78 is 9.74. The summed E-state index contributed by atoms with van der Waals surface area (Å²) in [7, 11) is 0. The molecular weight excluding hydrogens is 422 g/mol. The Morgan fingerprint density at radius 3 is 2.69 bits per heavy atom. The average molecular weight is 442 g/mol. The van der Waals surface area contributed by atoms with Crippen molar-refractivity contribution in [1.82, 2.24) is 34.1 Å². The molecule has 0 fully saturated rings. The van der Waals surface area contributed by atoms with Crippen LogP contribution in [0.25, 0.3) is 27.8 Å². The van der Waals surface area contributed by atoms with Gasteiger partial charge in [-0.2, -0.15) is 0 Å². The number of oxazole rings is 1. The highest BCUT2D eigenvalue weighted by molar-refractivity contribution is 7.98. The quantitative estimate of drug-likeness (QED) is 0.362. The maximum Gasteiger partial charge on any atom is 0.257 e. The lowest BCUT2D eigenvalue weighted by Crippen LogP contribution is -2.04. The predicted molar refractivity (Wildman–Crippen MR) is 123 cm³/mol. The van der Waals surface area contributed by atoms with E-state index in [-0.39, 0.29) is 0 Å². The van der Waals surface area contributed by atoms with E-state index >= 15 is 0 Å². The zero-order chi connectivity index (χ0) is 21.7. The lowest BCUT2D eigenvalue weighted by Gasteiger charge is -2.07. The Morgan fingerprint density at radius 2 is 1.84 bits per heavy atom. The monoisotopic (exact) mass is 441 g/mol. The first-order valence-electron chi connectivity index (χ1n) is 10.3. The Labute approximate surface area is 187 Å². The van der Waals surface area contributed by atoms with E-state index in [1.807, 2.05) is 48.7 Å². The molecule has 32 heavy (non-hydrogen) atoms. The van der Waals surface area contributed by atoms with Crippen LogP contribution in [0.5, 0.6) is 0 Å². The van der Waals surface area contributed by atoms with Crippen molar-refractivity contribution >= 4 is 39.5 Å². The Morgan fingerprint density at radius 1 is 0.969 bits per heavy atom. The molecule has 0 aliphatic heterocycles. The number of rotatable bonds is 5. The summed E-state index contributed by atoms with van der Waals surface area (Å²) in [5.74, 6) is 1.27. The fourth-order valence-corrected chi connectivity index (χ4v) is 4.61. The van der Waals surface area contributed by atoms with E-state index < -0.39 is 0 Å². The van der Waals surface area contributed by atoms with Gasteiger partial charge in [0.15, 0.2) is 17.1 Å². The molecule has 0 N–H and O–H groups in total. The van der Waals surface area contributed by atoms with Crippen molar-refractivity contribution in [3.63, 3.8) is 0 Å². The molecular formula is C23H19N7OS. The summed E-state index contributed by atoms with van der Waals surface area (Å²) in [4.78, 5) is 18.5. The van der Waals surface area contributed by atoms with E-state index in [9.17, 15) is 0 Å². The largest absolute Gasteiger partial charge is 0.431 e. The van der Waals surface area contributed by atoms with Crippen molar-refractivity contribution in [2.75, 3.05) is 0 Å². The van der Waals surface area contributed by atoms with Crippen molar-refractivity contribution in [1.29, 1.82) is 0 Å². The molecule has 0 atom stereocenters. The van der Waals surface area contributed by atoms with Gasteiger partial charge < -0.3 is 8.98 Å². The lowest BCUT2D eigenvalue weighted by atomic mass is 10.2. The summed E-state index contributed by atoms with van der Waals surface area (Å²) >= 11 is 1.48. The number of fused-ring (bicyclic) bond motifs is 4. The standard InChI is InChI=1S/C23H19N7OS/c1-14-15(2)29(11-16-7-5-6-10-24-16)21-20(14)22-27-19(28-30(22)13-25-21)12-32-23-26-17-8-3-4-9-18(17)31-23/h3-10,13H,11-12H2,1-2H3. The third-order valence-electron chi connectivity index (χ3n) is 5.64. The van der Waals surface area contributed by atoms with Gasteiger partial charge in [0.05, 0.1) is 23.4 Å². The molecule has 0 bridgehead atoms. The first-order chi connectivity index (χ1) is 15.7. The smallest absolute Gasteiger partial charge is 0.257 e. The van der Waals surface area contributed by atoms with Crippen LogP contribution in [0.3, 0.4) is 0 Å². The molecule has 0 spiro atoms. The maximum absolute atomic E-state index is 5.80.